The molecule has 5 heteroatoms. The maximum absolute atomic E-state index is 10.9. The van der Waals surface area contributed by atoms with Gasteiger partial charge in [-0.05, 0) is 31.5 Å². The molecule has 3 N–H and O–H groups in total. The Morgan fingerprint density at radius 1 is 1.19 bits per heavy atom. The first kappa shape index (κ1) is 12.0. The maximum atomic E-state index is 10.9. The Kier molecular flexibility index (Phi) is 3.50. The number of aromatic carboxylic acids is 2. The minimum absolute atomic E-state index is 0.0100. The first-order chi connectivity index (χ1) is 7.47. The van der Waals surface area contributed by atoms with Gasteiger partial charge in [0.05, 0.1) is 11.1 Å². The van der Waals surface area contributed by atoms with Crippen LogP contribution in [0.4, 0.5) is 5.69 Å². The third-order valence-electron chi connectivity index (χ3n) is 2.25. The van der Waals surface area contributed by atoms with Crippen LogP contribution in [0.5, 0.6) is 0 Å². The maximum Gasteiger partial charge on any atom is 0.336 e. The van der Waals surface area contributed by atoms with Gasteiger partial charge in [-0.3, -0.25) is 0 Å². The second-order valence-electron chi connectivity index (χ2n) is 3.34. The highest BCUT2D eigenvalue weighted by atomic mass is 16.4. The van der Waals surface area contributed by atoms with Crippen LogP contribution >= 0.6 is 0 Å². The number of hydrogen-bond acceptors (Lipinski definition) is 3. The molecule has 0 spiro atoms. The predicted octanol–water partition coefficient (Wildman–Crippen LogP) is 1.82. The van der Waals surface area contributed by atoms with Gasteiger partial charge in [-0.1, -0.05) is 0 Å². The molecular weight excluding hydrogens is 210 g/mol. The zero-order valence-corrected chi connectivity index (χ0v) is 9.07. The van der Waals surface area contributed by atoms with Crippen LogP contribution in [0.15, 0.2) is 12.1 Å². The minimum Gasteiger partial charge on any atom is -0.478 e. The number of benzene rings is 1. The fraction of sp³-hybridized carbons (Fsp3) is 0.273. The third kappa shape index (κ3) is 2.31. The van der Waals surface area contributed by atoms with Gasteiger partial charge < -0.3 is 15.5 Å². The monoisotopic (exact) mass is 223 g/mol. The fourth-order valence-corrected chi connectivity index (χ4v) is 1.46. The van der Waals surface area contributed by atoms with Crippen molar-refractivity contribution in [3.05, 3.63) is 28.8 Å². The van der Waals surface area contributed by atoms with Gasteiger partial charge in [-0.2, -0.15) is 0 Å². The van der Waals surface area contributed by atoms with Gasteiger partial charge in [0.2, 0.25) is 0 Å². The highest BCUT2D eigenvalue weighted by molar-refractivity contribution is 5.98. The summed E-state index contributed by atoms with van der Waals surface area (Å²) in [5.74, 6) is -2.25. The Bertz CT molecular complexity index is 405. The van der Waals surface area contributed by atoms with Crippen LogP contribution in [0.2, 0.25) is 0 Å². The van der Waals surface area contributed by atoms with Crippen LogP contribution in [-0.2, 0) is 0 Å². The Hall–Kier alpha value is -2.04. The Balaban J connectivity index is 3.38. The van der Waals surface area contributed by atoms with E-state index in [2.05, 4.69) is 5.32 Å². The van der Waals surface area contributed by atoms with Gasteiger partial charge in [-0.25, -0.2) is 9.59 Å². The van der Waals surface area contributed by atoms with Gasteiger partial charge in [0.15, 0.2) is 0 Å². The van der Waals surface area contributed by atoms with E-state index in [9.17, 15) is 9.59 Å². The Morgan fingerprint density at radius 3 is 1.94 bits per heavy atom. The summed E-state index contributed by atoms with van der Waals surface area (Å²) in [6, 6.07) is 2.88. The Labute approximate surface area is 92.7 Å². The predicted molar refractivity (Wildman–Crippen MR) is 59.3 cm³/mol. The molecule has 0 unspecified atom stereocenters. The second kappa shape index (κ2) is 4.65. The first-order valence-electron chi connectivity index (χ1n) is 4.82. The minimum atomic E-state index is -1.13. The van der Waals surface area contributed by atoms with Crippen LogP contribution in [0.25, 0.3) is 0 Å². The standard InChI is InChI=1S/C11H13NO4/c1-3-12-7-4-8(10(13)14)6(2)9(5-7)11(15)16/h4-5,12H,3H2,1-2H3,(H,13,14)(H,15,16). The van der Waals surface area contributed by atoms with Crippen LogP contribution in [0, 0.1) is 6.92 Å². The lowest BCUT2D eigenvalue weighted by Gasteiger charge is -2.10. The number of nitrogens with one attached hydrogen (secondary N) is 1. The lowest BCUT2D eigenvalue weighted by molar-refractivity contribution is 0.0696. The van der Waals surface area contributed by atoms with Crippen molar-refractivity contribution in [3.63, 3.8) is 0 Å². The van der Waals surface area contributed by atoms with E-state index >= 15 is 0 Å². The average Bonchev–Trinajstić information content (AvgIpc) is 2.19. The third-order valence-corrected chi connectivity index (χ3v) is 2.25. The SMILES string of the molecule is CCNc1cc(C(=O)O)c(C)c(C(=O)O)c1. The summed E-state index contributed by atoms with van der Waals surface area (Å²) in [5, 5.41) is 20.8. The number of anilines is 1. The normalized spacial score (nSPS) is 9.88. The zero-order chi connectivity index (χ0) is 12.3. The summed E-state index contributed by atoms with van der Waals surface area (Å²) >= 11 is 0. The average molecular weight is 223 g/mol. The van der Waals surface area contributed by atoms with E-state index in [0.717, 1.165) is 0 Å². The summed E-state index contributed by atoms with van der Waals surface area (Å²) < 4.78 is 0. The molecule has 0 aliphatic rings. The lowest BCUT2D eigenvalue weighted by Crippen LogP contribution is -2.09. The molecule has 0 radical (unpaired) electrons. The molecule has 0 aliphatic heterocycles. The van der Waals surface area contributed by atoms with Gasteiger partial charge >= 0.3 is 11.9 Å². The number of carboxylic acid groups (broad SMARTS) is 2. The summed E-state index contributed by atoms with van der Waals surface area (Å²) in [4.78, 5) is 21.9. The first-order valence-corrected chi connectivity index (χ1v) is 4.82. The van der Waals surface area contributed by atoms with Crippen molar-refractivity contribution in [1.82, 2.24) is 0 Å². The van der Waals surface area contributed by atoms with E-state index in [1.807, 2.05) is 6.92 Å². The largest absolute Gasteiger partial charge is 0.478 e. The summed E-state index contributed by atoms with van der Waals surface area (Å²) in [5.41, 5.74) is 0.788. The van der Waals surface area contributed by atoms with Crippen LogP contribution in [0.3, 0.4) is 0 Å². The Morgan fingerprint density at radius 2 is 1.62 bits per heavy atom. The van der Waals surface area contributed by atoms with Crippen molar-refractivity contribution in [1.29, 1.82) is 0 Å². The van der Waals surface area contributed by atoms with Gasteiger partial charge in [0, 0.05) is 12.2 Å². The van der Waals surface area contributed by atoms with Crippen molar-refractivity contribution in [3.8, 4) is 0 Å². The molecule has 16 heavy (non-hydrogen) atoms. The van der Waals surface area contributed by atoms with Crippen molar-refractivity contribution < 1.29 is 19.8 Å². The number of hydrogen-bond donors (Lipinski definition) is 3. The molecule has 1 aromatic carbocycles. The molecule has 0 heterocycles. The van der Waals surface area contributed by atoms with E-state index in [-0.39, 0.29) is 16.7 Å². The molecular formula is C11H13NO4. The fourth-order valence-electron chi connectivity index (χ4n) is 1.46. The highest BCUT2D eigenvalue weighted by Crippen LogP contribution is 2.20. The highest BCUT2D eigenvalue weighted by Gasteiger charge is 2.16. The van der Waals surface area contributed by atoms with E-state index in [1.54, 1.807) is 0 Å². The molecule has 1 aromatic rings. The molecule has 5 nitrogen and oxygen atoms in total. The van der Waals surface area contributed by atoms with Gasteiger partial charge in [-0.15, -0.1) is 0 Å². The van der Waals surface area contributed by atoms with Crippen LogP contribution in [-0.4, -0.2) is 28.7 Å². The molecule has 0 fully saturated rings. The smallest absolute Gasteiger partial charge is 0.336 e. The molecule has 0 aliphatic carbocycles. The molecule has 0 atom stereocenters. The number of rotatable bonds is 4. The molecule has 1 rings (SSSR count). The second-order valence-corrected chi connectivity index (χ2v) is 3.34. The van der Waals surface area contributed by atoms with Crippen molar-refractivity contribution >= 4 is 17.6 Å². The lowest BCUT2D eigenvalue weighted by atomic mass is 10.0. The van der Waals surface area contributed by atoms with Crippen molar-refractivity contribution in [2.75, 3.05) is 11.9 Å². The molecule has 0 amide bonds. The summed E-state index contributed by atoms with van der Waals surface area (Å²) in [6.45, 7) is 3.94. The number of carbonyl (C=O) groups is 2. The van der Waals surface area contributed by atoms with E-state index in [4.69, 9.17) is 10.2 Å². The van der Waals surface area contributed by atoms with Crippen LogP contribution < -0.4 is 5.32 Å². The molecule has 0 aromatic heterocycles. The topological polar surface area (TPSA) is 86.6 Å². The van der Waals surface area contributed by atoms with Crippen LogP contribution in [0.1, 0.15) is 33.2 Å². The molecule has 0 saturated carbocycles. The van der Waals surface area contributed by atoms with E-state index in [1.165, 1.54) is 19.1 Å². The molecule has 0 saturated heterocycles. The van der Waals surface area contributed by atoms with E-state index in [0.29, 0.717) is 12.2 Å². The molecule has 86 valence electrons. The van der Waals surface area contributed by atoms with Gasteiger partial charge in [0.25, 0.3) is 0 Å². The number of carboxylic acids is 2. The molecule has 0 bridgehead atoms. The summed E-state index contributed by atoms with van der Waals surface area (Å²) in [7, 11) is 0. The van der Waals surface area contributed by atoms with Crippen molar-refractivity contribution in [2.45, 2.75) is 13.8 Å². The quantitative estimate of drug-likeness (QED) is 0.724. The van der Waals surface area contributed by atoms with Crippen molar-refractivity contribution in [2.24, 2.45) is 0 Å². The summed E-state index contributed by atoms with van der Waals surface area (Å²) in [6.07, 6.45) is 0. The van der Waals surface area contributed by atoms with Gasteiger partial charge in [0.1, 0.15) is 0 Å². The zero-order valence-electron chi connectivity index (χ0n) is 9.07. The van der Waals surface area contributed by atoms with E-state index < -0.39 is 11.9 Å².